The summed E-state index contributed by atoms with van der Waals surface area (Å²) in [4.78, 5) is 1.88. The topological polar surface area (TPSA) is 15.3 Å². The first-order valence-electron chi connectivity index (χ1n) is 6.39. The quantitative estimate of drug-likeness (QED) is 0.891. The maximum Gasteiger partial charge on any atom is 0.258 e. The molecule has 100 valence electrons. The second kappa shape index (κ2) is 5.76. The Labute approximate surface area is 107 Å². The molecule has 1 fully saturated rings. The predicted molar refractivity (Wildman–Crippen MR) is 69.1 cm³/mol. The molecule has 0 amide bonds. The molecular weight excluding hydrogens is 234 g/mol. The van der Waals surface area contributed by atoms with Crippen LogP contribution < -0.4 is 5.32 Å². The number of hydrogen-bond acceptors (Lipinski definition) is 2. The molecule has 0 radical (unpaired) electrons. The standard InChI is InChI=1S/C14H20F2N2/c1-10-7-11(2)9-12(8-10)13(14(15)16)18-5-3-17-4-6-18/h7-9,13-14,17H,3-6H2,1-2H3/t13-/m1/s1. The van der Waals surface area contributed by atoms with Gasteiger partial charge in [-0.15, -0.1) is 0 Å². The van der Waals surface area contributed by atoms with Crippen molar-refractivity contribution in [3.63, 3.8) is 0 Å². The fraction of sp³-hybridized carbons (Fsp3) is 0.571. The molecule has 0 unspecified atom stereocenters. The summed E-state index contributed by atoms with van der Waals surface area (Å²) in [6.45, 7) is 6.85. The fourth-order valence-corrected chi connectivity index (χ4v) is 2.66. The highest BCUT2D eigenvalue weighted by atomic mass is 19.3. The number of nitrogens with zero attached hydrogens (tertiary/aromatic N) is 1. The van der Waals surface area contributed by atoms with E-state index in [9.17, 15) is 8.78 Å². The third-order valence-electron chi connectivity index (χ3n) is 3.37. The molecule has 1 aromatic carbocycles. The van der Waals surface area contributed by atoms with E-state index in [2.05, 4.69) is 5.32 Å². The third kappa shape index (κ3) is 3.06. The molecular formula is C14H20F2N2. The van der Waals surface area contributed by atoms with E-state index in [1.807, 2.05) is 36.9 Å². The van der Waals surface area contributed by atoms with Crippen LogP contribution in [0.4, 0.5) is 8.78 Å². The van der Waals surface area contributed by atoms with Gasteiger partial charge in [0.2, 0.25) is 0 Å². The van der Waals surface area contributed by atoms with Crippen LogP contribution in [-0.4, -0.2) is 37.5 Å². The molecule has 0 spiro atoms. The summed E-state index contributed by atoms with van der Waals surface area (Å²) in [5.41, 5.74) is 2.83. The molecule has 1 atom stereocenters. The molecule has 2 rings (SSSR count). The first-order chi connectivity index (χ1) is 8.58. The van der Waals surface area contributed by atoms with Gasteiger partial charge in [0.25, 0.3) is 6.43 Å². The zero-order valence-corrected chi connectivity index (χ0v) is 10.9. The third-order valence-corrected chi connectivity index (χ3v) is 3.37. The van der Waals surface area contributed by atoms with Gasteiger partial charge in [-0.3, -0.25) is 4.90 Å². The van der Waals surface area contributed by atoms with Crippen LogP contribution in [0.5, 0.6) is 0 Å². The van der Waals surface area contributed by atoms with Crippen molar-refractivity contribution in [2.24, 2.45) is 0 Å². The molecule has 0 aromatic heterocycles. The van der Waals surface area contributed by atoms with Gasteiger partial charge < -0.3 is 5.32 Å². The minimum absolute atomic E-state index is 0.683. The lowest BCUT2D eigenvalue weighted by molar-refractivity contribution is 0.0181. The van der Waals surface area contributed by atoms with E-state index < -0.39 is 12.5 Å². The molecule has 1 heterocycles. The van der Waals surface area contributed by atoms with Crippen LogP contribution in [0.1, 0.15) is 22.7 Å². The highest BCUT2D eigenvalue weighted by molar-refractivity contribution is 5.31. The van der Waals surface area contributed by atoms with E-state index in [1.165, 1.54) is 0 Å². The van der Waals surface area contributed by atoms with Crippen LogP contribution in [0.3, 0.4) is 0 Å². The lowest BCUT2D eigenvalue weighted by atomic mass is 10.00. The van der Waals surface area contributed by atoms with Gasteiger partial charge >= 0.3 is 0 Å². The van der Waals surface area contributed by atoms with Gasteiger partial charge in [0.15, 0.2) is 0 Å². The van der Waals surface area contributed by atoms with Gasteiger partial charge in [0.05, 0.1) is 6.04 Å². The zero-order chi connectivity index (χ0) is 13.1. The maximum atomic E-state index is 13.4. The van der Waals surface area contributed by atoms with Crippen molar-refractivity contribution < 1.29 is 8.78 Å². The van der Waals surface area contributed by atoms with Crippen molar-refractivity contribution in [3.05, 3.63) is 34.9 Å². The zero-order valence-electron chi connectivity index (χ0n) is 10.9. The minimum Gasteiger partial charge on any atom is -0.314 e. The molecule has 1 saturated heterocycles. The van der Waals surface area contributed by atoms with Gasteiger partial charge in [-0.05, 0) is 19.4 Å². The number of alkyl halides is 2. The summed E-state index contributed by atoms with van der Waals surface area (Å²) < 4.78 is 26.7. The number of piperazine rings is 1. The molecule has 18 heavy (non-hydrogen) atoms. The number of aryl methyl sites for hydroxylation is 2. The number of hydrogen-bond donors (Lipinski definition) is 1. The van der Waals surface area contributed by atoms with Crippen molar-refractivity contribution in [2.75, 3.05) is 26.2 Å². The highest BCUT2D eigenvalue weighted by Crippen LogP contribution is 2.29. The molecule has 1 aromatic rings. The Balaban J connectivity index is 2.28. The Bertz CT molecular complexity index is 381. The van der Waals surface area contributed by atoms with Gasteiger partial charge in [0.1, 0.15) is 0 Å². The van der Waals surface area contributed by atoms with Crippen molar-refractivity contribution in [3.8, 4) is 0 Å². The number of rotatable bonds is 3. The molecule has 0 bridgehead atoms. The largest absolute Gasteiger partial charge is 0.314 e. The van der Waals surface area contributed by atoms with Crippen molar-refractivity contribution in [1.82, 2.24) is 10.2 Å². The lowest BCUT2D eigenvalue weighted by Crippen LogP contribution is -2.46. The highest BCUT2D eigenvalue weighted by Gasteiger charge is 2.30. The Hall–Kier alpha value is -1.00. The van der Waals surface area contributed by atoms with E-state index >= 15 is 0 Å². The molecule has 1 aliphatic heterocycles. The second-order valence-electron chi connectivity index (χ2n) is 4.99. The van der Waals surface area contributed by atoms with Crippen LogP contribution in [0, 0.1) is 13.8 Å². The minimum atomic E-state index is -2.34. The van der Waals surface area contributed by atoms with E-state index in [1.54, 1.807) is 0 Å². The summed E-state index contributed by atoms with van der Waals surface area (Å²) in [5, 5.41) is 3.20. The summed E-state index contributed by atoms with van der Waals surface area (Å²) in [6.07, 6.45) is -2.34. The van der Waals surface area contributed by atoms with Crippen LogP contribution in [-0.2, 0) is 0 Å². The van der Waals surface area contributed by atoms with E-state index in [0.29, 0.717) is 13.1 Å². The Morgan fingerprint density at radius 1 is 1.06 bits per heavy atom. The van der Waals surface area contributed by atoms with Crippen LogP contribution in [0.25, 0.3) is 0 Å². The van der Waals surface area contributed by atoms with Gasteiger partial charge in [-0.1, -0.05) is 29.3 Å². The van der Waals surface area contributed by atoms with Crippen LogP contribution >= 0.6 is 0 Å². The second-order valence-corrected chi connectivity index (χ2v) is 4.99. The lowest BCUT2D eigenvalue weighted by Gasteiger charge is -2.34. The summed E-state index contributed by atoms with van der Waals surface area (Å²) in [6, 6.07) is 5.01. The SMILES string of the molecule is Cc1cc(C)cc([C@H](C(F)F)N2CCNCC2)c1. The van der Waals surface area contributed by atoms with Gasteiger partial charge in [-0.2, -0.15) is 0 Å². The van der Waals surface area contributed by atoms with Gasteiger partial charge in [0, 0.05) is 26.2 Å². The average Bonchev–Trinajstić information content (AvgIpc) is 2.28. The van der Waals surface area contributed by atoms with E-state index in [-0.39, 0.29) is 0 Å². The van der Waals surface area contributed by atoms with Crippen molar-refractivity contribution >= 4 is 0 Å². The average molecular weight is 254 g/mol. The first kappa shape index (κ1) is 13.4. The molecule has 4 heteroatoms. The molecule has 2 nitrogen and oxygen atoms in total. The smallest absolute Gasteiger partial charge is 0.258 e. The summed E-state index contributed by atoms with van der Waals surface area (Å²) in [7, 11) is 0. The molecule has 1 N–H and O–H groups in total. The molecule has 0 aliphatic carbocycles. The van der Waals surface area contributed by atoms with E-state index in [4.69, 9.17) is 0 Å². The Morgan fingerprint density at radius 3 is 2.11 bits per heavy atom. The monoisotopic (exact) mass is 254 g/mol. The Kier molecular flexibility index (Phi) is 4.30. The number of benzene rings is 1. The predicted octanol–water partition coefficient (Wildman–Crippen LogP) is 2.51. The van der Waals surface area contributed by atoms with Crippen LogP contribution in [0.15, 0.2) is 18.2 Å². The van der Waals surface area contributed by atoms with Crippen molar-refractivity contribution in [1.29, 1.82) is 0 Å². The summed E-state index contributed by atoms with van der Waals surface area (Å²) in [5.74, 6) is 0. The maximum absolute atomic E-state index is 13.4. The molecule has 1 aliphatic rings. The van der Waals surface area contributed by atoms with Crippen molar-refractivity contribution in [2.45, 2.75) is 26.3 Å². The van der Waals surface area contributed by atoms with Gasteiger partial charge in [-0.25, -0.2) is 8.78 Å². The normalized spacial score (nSPS) is 19.2. The Morgan fingerprint density at radius 2 is 1.61 bits per heavy atom. The summed E-state index contributed by atoms with van der Waals surface area (Å²) >= 11 is 0. The fourth-order valence-electron chi connectivity index (χ4n) is 2.66. The van der Waals surface area contributed by atoms with E-state index in [0.717, 1.165) is 29.8 Å². The van der Waals surface area contributed by atoms with Crippen LogP contribution in [0.2, 0.25) is 0 Å². The first-order valence-corrected chi connectivity index (χ1v) is 6.39. The number of halogens is 2. The number of nitrogens with one attached hydrogen (secondary N) is 1. The molecule has 0 saturated carbocycles.